The molecule has 2 aliphatic heterocycles. The van der Waals surface area contributed by atoms with Crippen molar-refractivity contribution >= 4 is 44.3 Å². The van der Waals surface area contributed by atoms with Gasteiger partial charge in [-0.3, -0.25) is 39.4 Å². The second kappa shape index (κ2) is 116. The summed E-state index contributed by atoms with van der Waals surface area (Å²) >= 11 is 0. The van der Waals surface area contributed by atoms with Crippen LogP contribution >= 0.6 is 0 Å². The zero-order valence-corrected chi connectivity index (χ0v) is 89.4. The normalized spacial score (nSPS) is 9.22. The molecule has 0 aliphatic carbocycles. The van der Waals surface area contributed by atoms with E-state index in [9.17, 15) is 9.59 Å². The first-order valence-corrected chi connectivity index (χ1v) is 47.4. The van der Waals surface area contributed by atoms with Gasteiger partial charge in [0.05, 0.1) is 16.6 Å². The van der Waals surface area contributed by atoms with E-state index in [1.807, 2.05) is 278 Å². The number of aromatic nitrogens is 7. The van der Waals surface area contributed by atoms with Gasteiger partial charge in [0.15, 0.2) is 11.5 Å². The third-order valence-corrected chi connectivity index (χ3v) is 10.5. The molecule has 0 bridgehead atoms. The van der Waals surface area contributed by atoms with Gasteiger partial charge < -0.3 is 9.47 Å². The zero-order valence-electron chi connectivity index (χ0n) is 89.4. The molecule has 0 unspecified atom stereocenters. The van der Waals surface area contributed by atoms with Gasteiger partial charge in [0, 0.05) is 79.6 Å². The molecule has 0 atom stereocenters. The van der Waals surface area contributed by atoms with Crippen molar-refractivity contribution in [1.29, 1.82) is 0 Å². The lowest BCUT2D eigenvalue weighted by Crippen LogP contribution is -2.35. The molecule has 12 aromatic rings. The van der Waals surface area contributed by atoms with Crippen molar-refractivity contribution in [2.45, 2.75) is 311 Å². The van der Waals surface area contributed by atoms with E-state index in [0.29, 0.717) is 17.9 Å². The topological polar surface area (TPSA) is 146 Å². The molecule has 12 heteroatoms. The van der Waals surface area contributed by atoms with Crippen LogP contribution in [0.25, 0.3) is 32.4 Å². The molecule has 716 valence electrons. The van der Waals surface area contributed by atoms with Crippen molar-refractivity contribution in [3.63, 3.8) is 0 Å². The summed E-state index contributed by atoms with van der Waals surface area (Å²) in [6, 6.07) is 73.0. The highest BCUT2D eigenvalue weighted by Crippen LogP contribution is 2.30. The standard InChI is InChI=1S/C11H11NO2.C10H8.2C9H7N.C7H6O2.C6H6.C5H5N.2C4H4N2.8C4H10.9C2H6/c1-7(2)12-10(13)8-5-3-4-6-9(8)11(12)14;1-2-6-10-8-4-3-7-9(10)5-1;1-2-6-9-8(4-1)5-3-7-10-9;1-2-4-9-7-10-6-5-8(9)3-1;1-2-4-7-6(3-1)8-5-9-7;2*1-2-4-6-5-3-1;1-2-6-4-3-5-1;1-2-5-4-6-3-1;8*1-4(2)3;9*1-2/h3-7H,1-2H3;1-8H;2*1-7H;1-4H,5H2;1-6H;1-5H;2*1-4H;8*4H,1-3H3;9*1-2H3. The molecule has 7 heterocycles. The van der Waals surface area contributed by atoms with Crippen molar-refractivity contribution in [1.82, 2.24) is 39.8 Å². The second-order valence-electron chi connectivity index (χ2n) is 30.1. The van der Waals surface area contributed by atoms with Gasteiger partial charge >= 0.3 is 0 Å². The van der Waals surface area contributed by atoms with Crippen molar-refractivity contribution < 1.29 is 19.1 Å². The van der Waals surface area contributed by atoms with Gasteiger partial charge in [-0.05, 0) is 143 Å². The minimum absolute atomic E-state index is 0.0811. The van der Waals surface area contributed by atoms with Crippen molar-refractivity contribution in [3.05, 3.63) is 310 Å². The third kappa shape index (κ3) is 112. The van der Waals surface area contributed by atoms with Crippen LogP contribution in [0.3, 0.4) is 0 Å². The molecule has 14 rings (SSSR count). The third-order valence-electron chi connectivity index (χ3n) is 10.5. The fourth-order valence-corrected chi connectivity index (χ4v) is 6.90. The predicted molar refractivity (Wildman–Crippen MR) is 573 cm³/mol. The Morgan fingerprint density at radius 3 is 0.717 bits per heavy atom. The Morgan fingerprint density at radius 2 is 0.472 bits per heavy atom. The number of ether oxygens (including phenoxy) is 2. The molecular formula is C115H192N8O4. The minimum atomic E-state index is -0.180. The Kier molecular flexibility index (Phi) is 130. The van der Waals surface area contributed by atoms with Crippen molar-refractivity contribution in [2.75, 3.05) is 6.79 Å². The lowest BCUT2D eigenvalue weighted by Gasteiger charge is -2.17. The van der Waals surface area contributed by atoms with Gasteiger partial charge in [-0.15, -0.1) is 0 Å². The molecule has 0 radical (unpaired) electrons. The summed E-state index contributed by atoms with van der Waals surface area (Å²) in [7, 11) is 0. The SMILES string of the molecule is CC.CC.CC.CC.CC.CC.CC.CC.CC.CC(C)C.CC(C)C.CC(C)C.CC(C)C.CC(C)C.CC(C)C.CC(C)C.CC(C)C.CC(C)N1C(=O)c2ccccc2C1=O.c1ccc2c(c1)OCO2.c1ccc2ccccc2c1.c1ccc2cnccc2c1.c1ccc2ncccc2c1.c1ccccc1.c1ccncc1.c1cnccn1.c1cncnc1. The molecule has 5 aromatic heterocycles. The average Bonchev–Trinajstić information content (AvgIpc) is 1.63. The molecule has 127 heavy (non-hydrogen) atoms. The number of pyridine rings is 3. The summed E-state index contributed by atoms with van der Waals surface area (Å²) in [6.07, 6.45) is 20.4. The number of rotatable bonds is 1. The van der Waals surface area contributed by atoms with Gasteiger partial charge in [0.2, 0.25) is 6.79 Å². The molecule has 2 amide bonds. The summed E-state index contributed by atoms with van der Waals surface area (Å²) < 4.78 is 10.2. The van der Waals surface area contributed by atoms with E-state index in [1.165, 1.54) is 38.2 Å². The van der Waals surface area contributed by atoms with Crippen molar-refractivity contribution in [2.24, 2.45) is 47.3 Å². The Hall–Kier alpha value is -10.3. The number of amides is 2. The molecule has 2 aliphatic rings. The summed E-state index contributed by atoms with van der Waals surface area (Å²) in [4.78, 5) is 51.6. The first-order valence-electron chi connectivity index (χ1n) is 47.4. The molecular weight excluding hydrogens is 1560 g/mol. The van der Waals surface area contributed by atoms with Crippen LogP contribution in [-0.2, 0) is 0 Å². The lowest BCUT2D eigenvalue weighted by atomic mass is 10.1. The summed E-state index contributed by atoms with van der Waals surface area (Å²) in [5.74, 6) is 8.00. The highest BCUT2D eigenvalue weighted by atomic mass is 16.7. The van der Waals surface area contributed by atoms with Gasteiger partial charge in [-0.2, -0.15) is 0 Å². The zero-order chi connectivity index (χ0) is 100. The highest BCUT2D eigenvalue weighted by Gasteiger charge is 2.36. The smallest absolute Gasteiger partial charge is 0.261 e. The van der Waals surface area contributed by atoms with Crippen molar-refractivity contribution in [3.8, 4) is 11.5 Å². The van der Waals surface area contributed by atoms with E-state index >= 15 is 0 Å². The van der Waals surface area contributed by atoms with Gasteiger partial charge in [-0.1, -0.05) is 455 Å². The number of hydrogen-bond acceptors (Lipinski definition) is 11. The van der Waals surface area contributed by atoms with Crippen LogP contribution in [0.1, 0.15) is 325 Å². The first kappa shape index (κ1) is 142. The number of imide groups is 1. The Morgan fingerprint density at radius 1 is 0.228 bits per heavy atom. The lowest BCUT2D eigenvalue weighted by molar-refractivity contribution is 0.0608. The number of fused-ring (bicyclic) bond motifs is 5. The monoisotopic (exact) mass is 1750 g/mol. The van der Waals surface area contributed by atoms with Crippen LogP contribution in [0.5, 0.6) is 11.5 Å². The molecule has 0 saturated carbocycles. The number of carbonyl (C=O) groups excluding carboxylic acids is 2. The Labute approximate surface area is 784 Å². The average molecular weight is 1750 g/mol. The predicted octanol–water partition coefficient (Wildman–Crippen LogP) is 36.7. The van der Waals surface area contributed by atoms with Crippen LogP contribution in [0.4, 0.5) is 0 Å². The minimum Gasteiger partial charge on any atom is -0.454 e. The van der Waals surface area contributed by atoms with E-state index < -0.39 is 0 Å². The second-order valence-corrected chi connectivity index (χ2v) is 30.1. The van der Waals surface area contributed by atoms with E-state index in [4.69, 9.17) is 9.47 Å². The van der Waals surface area contributed by atoms with Crippen LogP contribution in [0.2, 0.25) is 0 Å². The maximum absolute atomic E-state index is 11.8. The van der Waals surface area contributed by atoms with Gasteiger partial charge in [0.25, 0.3) is 11.8 Å². The van der Waals surface area contributed by atoms with E-state index in [1.54, 1.807) is 79.9 Å². The number of para-hydroxylation sites is 3. The molecule has 0 fully saturated rings. The van der Waals surface area contributed by atoms with E-state index in [0.717, 1.165) is 64.4 Å². The summed E-state index contributed by atoms with van der Waals surface area (Å²) in [5, 5.41) is 6.27. The first-order chi connectivity index (χ1) is 60.8. The number of benzene rings is 7. The maximum atomic E-state index is 11.8. The van der Waals surface area contributed by atoms with Crippen LogP contribution in [-0.4, -0.2) is 64.4 Å². The van der Waals surface area contributed by atoms with E-state index in [2.05, 4.69) is 274 Å². The fraction of sp³-hybridized carbons (Fsp3) is 0.470. The van der Waals surface area contributed by atoms with Crippen LogP contribution in [0, 0.1) is 47.3 Å². The molecule has 12 nitrogen and oxygen atoms in total. The Balaban J connectivity index is -0.000000111. The van der Waals surface area contributed by atoms with Gasteiger partial charge in [-0.25, -0.2) is 9.97 Å². The van der Waals surface area contributed by atoms with Gasteiger partial charge in [0.1, 0.15) is 6.33 Å². The molecule has 7 aromatic carbocycles. The Bertz CT molecular complexity index is 3200. The highest BCUT2D eigenvalue weighted by molar-refractivity contribution is 6.21. The number of nitrogens with zero attached hydrogens (tertiary/aromatic N) is 8. The molecule has 0 spiro atoms. The van der Waals surface area contributed by atoms with E-state index in [-0.39, 0.29) is 17.9 Å². The van der Waals surface area contributed by atoms with Crippen LogP contribution < -0.4 is 9.47 Å². The van der Waals surface area contributed by atoms with Crippen LogP contribution in [0.15, 0.2) is 299 Å². The quantitative estimate of drug-likeness (QED) is 0.145. The molecule has 0 saturated heterocycles. The maximum Gasteiger partial charge on any atom is 0.261 e. The summed E-state index contributed by atoms with van der Waals surface area (Å²) in [5.41, 5.74) is 2.10. The number of carbonyl (C=O) groups is 2. The largest absolute Gasteiger partial charge is 0.454 e. The molecule has 0 N–H and O–H groups in total. The summed E-state index contributed by atoms with van der Waals surface area (Å²) in [6.45, 7) is 92.0. The number of hydrogen-bond donors (Lipinski definition) is 0. The fourth-order valence-electron chi connectivity index (χ4n) is 6.90.